The standard InChI is InChI=1S/C16H15ClN4O5/c1-25-14-4-2-10(8-19-20-16(18)22)6-11(14)9-26-15-5-3-12(21(23)24)7-13(15)17/h2-8H,9H2,1H3,(H3,18,20,22). The highest BCUT2D eigenvalue weighted by atomic mass is 35.5. The quantitative estimate of drug-likeness (QED) is 0.434. The molecule has 0 saturated heterocycles. The second-order valence-electron chi connectivity index (χ2n) is 4.97. The molecule has 2 rings (SSSR count). The van der Waals surface area contributed by atoms with Crippen molar-refractivity contribution < 1.29 is 19.2 Å². The number of benzene rings is 2. The Kier molecular flexibility index (Phi) is 6.34. The first-order valence-electron chi connectivity index (χ1n) is 7.23. The van der Waals surface area contributed by atoms with Gasteiger partial charge in [0.2, 0.25) is 0 Å². The number of ether oxygens (including phenoxy) is 2. The summed E-state index contributed by atoms with van der Waals surface area (Å²) in [6.45, 7) is 0.103. The molecule has 26 heavy (non-hydrogen) atoms. The third-order valence-electron chi connectivity index (χ3n) is 3.20. The van der Waals surface area contributed by atoms with Gasteiger partial charge >= 0.3 is 6.03 Å². The van der Waals surface area contributed by atoms with Crippen molar-refractivity contribution in [2.75, 3.05) is 7.11 Å². The van der Waals surface area contributed by atoms with E-state index in [9.17, 15) is 14.9 Å². The van der Waals surface area contributed by atoms with Crippen molar-refractivity contribution >= 4 is 29.5 Å². The van der Waals surface area contributed by atoms with Crippen molar-refractivity contribution in [3.05, 3.63) is 62.7 Å². The number of hydrogen-bond acceptors (Lipinski definition) is 6. The lowest BCUT2D eigenvalue weighted by Gasteiger charge is -2.12. The minimum Gasteiger partial charge on any atom is -0.496 e. The van der Waals surface area contributed by atoms with Gasteiger partial charge in [-0.15, -0.1) is 0 Å². The van der Waals surface area contributed by atoms with E-state index in [1.54, 1.807) is 18.2 Å². The number of carbonyl (C=O) groups is 1. The van der Waals surface area contributed by atoms with E-state index in [0.717, 1.165) is 0 Å². The number of nitrogens with zero attached hydrogens (tertiary/aromatic N) is 2. The van der Waals surface area contributed by atoms with Gasteiger partial charge in [0.25, 0.3) is 5.69 Å². The third-order valence-corrected chi connectivity index (χ3v) is 3.50. The number of nitrogens with one attached hydrogen (secondary N) is 1. The van der Waals surface area contributed by atoms with E-state index in [4.69, 9.17) is 26.8 Å². The summed E-state index contributed by atoms with van der Waals surface area (Å²) in [6, 6.07) is 8.35. The van der Waals surface area contributed by atoms with Crippen molar-refractivity contribution in [2.24, 2.45) is 10.8 Å². The van der Waals surface area contributed by atoms with E-state index in [1.165, 1.54) is 31.5 Å². The molecule has 9 nitrogen and oxygen atoms in total. The second-order valence-corrected chi connectivity index (χ2v) is 5.37. The van der Waals surface area contributed by atoms with Crippen molar-refractivity contribution in [1.29, 1.82) is 0 Å². The maximum atomic E-state index is 10.7. The van der Waals surface area contributed by atoms with Crippen LogP contribution in [0, 0.1) is 10.1 Å². The first-order valence-corrected chi connectivity index (χ1v) is 7.60. The van der Waals surface area contributed by atoms with Crippen LogP contribution in [-0.4, -0.2) is 24.3 Å². The highest BCUT2D eigenvalue weighted by molar-refractivity contribution is 6.32. The minimum absolute atomic E-state index is 0.103. The topological polar surface area (TPSA) is 129 Å². The van der Waals surface area contributed by atoms with Gasteiger partial charge in [-0.05, 0) is 29.8 Å². The molecule has 0 aliphatic carbocycles. The molecule has 0 spiro atoms. The number of non-ortho nitro benzene ring substituents is 1. The minimum atomic E-state index is -0.772. The third kappa shape index (κ3) is 5.08. The Hall–Kier alpha value is -3.33. The zero-order chi connectivity index (χ0) is 19.1. The number of amides is 2. The van der Waals surface area contributed by atoms with E-state index < -0.39 is 11.0 Å². The number of carbonyl (C=O) groups excluding carboxylic acids is 1. The van der Waals surface area contributed by atoms with Crippen molar-refractivity contribution in [3.8, 4) is 11.5 Å². The molecule has 0 heterocycles. The number of hydrazone groups is 1. The SMILES string of the molecule is COc1ccc(C=NNC(N)=O)cc1COc1ccc([N+](=O)[O-])cc1Cl. The van der Waals surface area contributed by atoms with E-state index in [-0.39, 0.29) is 17.3 Å². The summed E-state index contributed by atoms with van der Waals surface area (Å²) in [5.41, 5.74) is 8.26. The predicted molar refractivity (Wildman–Crippen MR) is 95.7 cm³/mol. The van der Waals surface area contributed by atoms with E-state index in [2.05, 4.69) is 10.5 Å². The van der Waals surface area contributed by atoms with Crippen molar-refractivity contribution in [1.82, 2.24) is 5.43 Å². The van der Waals surface area contributed by atoms with Crippen LogP contribution in [0.3, 0.4) is 0 Å². The van der Waals surface area contributed by atoms with Gasteiger partial charge in [0, 0.05) is 17.7 Å². The van der Waals surface area contributed by atoms with Crippen molar-refractivity contribution in [3.63, 3.8) is 0 Å². The van der Waals surface area contributed by atoms with Gasteiger partial charge in [-0.3, -0.25) is 10.1 Å². The zero-order valence-corrected chi connectivity index (χ0v) is 14.4. The predicted octanol–water partition coefficient (Wildman–Crippen LogP) is 2.84. The van der Waals surface area contributed by atoms with Gasteiger partial charge in [0.05, 0.1) is 23.3 Å². The molecule has 2 aromatic carbocycles. The molecule has 0 aliphatic rings. The molecule has 0 aromatic heterocycles. The summed E-state index contributed by atoms with van der Waals surface area (Å²) in [4.78, 5) is 20.8. The Bertz CT molecular complexity index is 857. The number of primary amides is 1. The lowest BCUT2D eigenvalue weighted by atomic mass is 10.1. The summed E-state index contributed by atoms with van der Waals surface area (Å²) >= 11 is 6.01. The van der Waals surface area contributed by atoms with Crippen LogP contribution >= 0.6 is 11.6 Å². The van der Waals surface area contributed by atoms with Crippen LogP contribution in [0.4, 0.5) is 10.5 Å². The summed E-state index contributed by atoms with van der Waals surface area (Å²) in [5, 5.41) is 14.5. The molecule has 0 saturated carbocycles. The first kappa shape index (κ1) is 19.0. The average Bonchev–Trinajstić information content (AvgIpc) is 2.60. The Morgan fingerprint density at radius 1 is 1.35 bits per heavy atom. The lowest BCUT2D eigenvalue weighted by Crippen LogP contribution is -2.24. The Morgan fingerprint density at radius 2 is 2.08 bits per heavy atom. The maximum Gasteiger partial charge on any atom is 0.332 e. The number of urea groups is 1. The van der Waals surface area contributed by atoms with E-state index >= 15 is 0 Å². The Balaban J connectivity index is 2.16. The molecule has 10 heteroatoms. The Labute approximate surface area is 153 Å². The molecule has 2 amide bonds. The monoisotopic (exact) mass is 378 g/mol. The number of nitro benzene ring substituents is 1. The average molecular weight is 379 g/mol. The number of hydrogen-bond donors (Lipinski definition) is 2. The highest BCUT2D eigenvalue weighted by Gasteiger charge is 2.11. The normalized spacial score (nSPS) is 10.5. The summed E-state index contributed by atoms with van der Waals surface area (Å²) in [6.07, 6.45) is 1.41. The molecule has 0 radical (unpaired) electrons. The van der Waals surface area contributed by atoms with Crippen LogP contribution in [0.1, 0.15) is 11.1 Å². The van der Waals surface area contributed by atoms with Gasteiger partial charge in [-0.1, -0.05) is 11.6 Å². The van der Waals surface area contributed by atoms with E-state index in [1.807, 2.05) is 0 Å². The molecule has 3 N–H and O–H groups in total. The molecule has 136 valence electrons. The second kappa shape index (κ2) is 8.67. The van der Waals surface area contributed by atoms with Crippen LogP contribution in [0.5, 0.6) is 11.5 Å². The highest BCUT2D eigenvalue weighted by Crippen LogP contribution is 2.30. The van der Waals surface area contributed by atoms with Gasteiger partial charge in [0.15, 0.2) is 0 Å². The van der Waals surface area contributed by atoms with Crippen molar-refractivity contribution in [2.45, 2.75) is 6.61 Å². The number of methoxy groups -OCH3 is 1. The molecule has 0 bridgehead atoms. The molecule has 0 atom stereocenters. The van der Waals surface area contributed by atoms with Gasteiger partial charge in [-0.2, -0.15) is 5.10 Å². The maximum absolute atomic E-state index is 10.7. The van der Waals surface area contributed by atoms with Crippen LogP contribution in [-0.2, 0) is 6.61 Å². The Morgan fingerprint density at radius 3 is 2.69 bits per heavy atom. The summed E-state index contributed by atoms with van der Waals surface area (Å²) in [5.74, 6) is 0.872. The van der Waals surface area contributed by atoms with Crippen LogP contribution in [0.2, 0.25) is 5.02 Å². The fraction of sp³-hybridized carbons (Fsp3) is 0.125. The molecule has 0 fully saturated rings. The zero-order valence-electron chi connectivity index (χ0n) is 13.6. The molecular weight excluding hydrogens is 364 g/mol. The fourth-order valence-electron chi connectivity index (χ4n) is 2.04. The molecule has 0 unspecified atom stereocenters. The number of nitrogens with two attached hydrogens (primary N) is 1. The van der Waals surface area contributed by atoms with Crippen LogP contribution in [0.25, 0.3) is 0 Å². The smallest absolute Gasteiger partial charge is 0.332 e. The number of halogens is 1. The fourth-order valence-corrected chi connectivity index (χ4v) is 2.27. The largest absolute Gasteiger partial charge is 0.496 e. The molecule has 2 aromatic rings. The first-order chi connectivity index (χ1) is 12.4. The molecular formula is C16H15ClN4O5. The number of rotatable bonds is 7. The van der Waals surface area contributed by atoms with Gasteiger partial charge < -0.3 is 15.2 Å². The van der Waals surface area contributed by atoms with E-state index in [0.29, 0.717) is 22.6 Å². The van der Waals surface area contributed by atoms with Gasteiger partial charge in [-0.25, -0.2) is 10.2 Å². The lowest BCUT2D eigenvalue weighted by molar-refractivity contribution is -0.384. The van der Waals surface area contributed by atoms with Crippen LogP contribution in [0.15, 0.2) is 41.5 Å². The summed E-state index contributed by atoms with van der Waals surface area (Å²) in [7, 11) is 1.51. The van der Waals surface area contributed by atoms with Crippen LogP contribution < -0.4 is 20.6 Å². The number of nitro groups is 1. The van der Waals surface area contributed by atoms with Gasteiger partial charge in [0.1, 0.15) is 18.1 Å². The summed E-state index contributed by atoms with van der Waals surface area (Å²) < 4.78 is 10.9. The molecule has 0 aliphatic heterocycles.